The Morgan fingerprint density at radius 1 is 0.962 bits per heavy atom. The number of rotatable bonds is 6. The second-order valence-electron chi connectivity index (χ2n) is 5.70. The van der Waals surface area contributed by atoms with Crippen LogP contribution in [0, 0.1) is 6.92 Å². The van der Waals surface area contributed by atoms with Gasteiger partial charge in [-0.3, -0.25) is 4.79 Å². The molecule has 0 atom stereocenters. The van der Waals surface area contributed by atoms with E-state index < -0.39 is 0 Å². The van der Waals surface area contributed by atoms with E-state index in [4.69, 9.17) is 4.74 Å². The summed E-state index contributed by atoms with van der Waals surface area (Å²) in [5.74, 6) is 0.933. The summed E-state index contributed by atoms with van der Waals surface area (Å²) < 4.78 is 5.38. The third-order valence-corrected chi connectivity index (χ3v) is 3.64. The van der Waals surface area contributed by atoms with Crippen molar-refractivity contribution in [2.24, 2.45) is 0 Å². The summed E-state index contributed by atoms with van der Waals surface area (Å²) in [6, 6.07) is 15.1. The van der Waals surface area contributed by atoms with Gasteiger partial charge in [0.2, 0.25) is 5.95 Å². The molecule has 26 heavy (non-hydrogen) atoms. The number of nitrogens with zero attached hydrogens (tertiary/aromatic N) is 2. The highest BCUT2D eigenvalue weighted by Crippen LogP contribution is 2.17. The van der Waals surface area contributed by atoms with Crippen molar-refractivity contribution in [2.45, 2.75) is 13.8 Å². The van der Waals surface area contributed by atoms with E-state index in [-0.39, 0.29) is 5.91 Å². The molecule has 1 aromatic heterocycles. The van der Waals surface area contributed by atoms with Gasteiger partial charge >= 0.3 is 0 Å². The van der Waals surface area contributed by atoms with Gasteiger partial charge in [-0.15, -0.1) is 0 Å². The number of amides is 1. The molecule has 0 saturated carbocycles. The van der Waals surface area contributed by atoms with Gasteiger partial charge in [0, 0.05) is 23.8 Å². The summed E-state index contributed by atoms with van der Waals surface area (Å²) in [4.78, 5) is 20.7. The summed E-state index contributed by atoms with van der Waals surface area (Å²) >= 11 is 0. The normalized spacial score (nSPS) is 10.2. The molecule has 0 aliphatic carbocycles. The van der Waals surface area contributed by atoms with Crippen molar-refractivity contribution in [1.82, 2.24) is 9.97 Å². The molecule has 0 unspecified atom stereocenters. The number of hydrogen-bond donors (Lipinski definition) is 2. The van der Waals surface area contributed by atoms with E-state index in [9.17, 15) is 4.79 Å². The Kier molecular flexibility index (Phi) is 5.43. The SMILES string of the molecule is CCOc1ccc(NC(=O)c2cnc(Nc3ccc(C)cc3)nc2)cc1. The van der Waals surface area contributed by atoms with Crippen LogP contribution in [0.15, 0.2) is 60.9 Å². The molecule has 0 radical (unpaired) electrons. The highest BCUT2D eigenvalue weighted by Gasteiger charge is 2.08. The molecule has 1 amide bonds. The van der Waals surface area contributed by atoms with E-state index in [2.05, 4.69) is 20.6 Å². The zero-order valence-electron chi connectivity index (χ0n) is 14.7. The molecule has 0 bridgehead atoms. The number of ether oxygens (including phenoxy) is 1. The average molecular weight is 348 g/mol. The lowest BCUT2D eigenvalue weighted by Gasteiger charge is -2.08. The third-order valence-electron chi connectivity index (χ3n) is 3.64. The van der Waals surface area contributed by atoms with Crippen molar-refractivity contribution in [1.29, 1.82) is 0 Å². The van der Waals surface area contributed by atoms with Gasteiger partial charge in [-0.25, -0.2) is 9.97 Å². The Bertz CT molecular complexity index is 860. The number of anilines is 3. The molecule has 0 spiro atoms. The van der Waals surface area contributed by atoms with Crippen LogP contribution < -0.4 is 15.4 Å². The van der Waals surface area contributed by atoms with E-state index in [0.717, 1.165) is 11.4 Å². The number of benzene rings is 2. The zero-order chi connectivity index (χ0) is 18.4. The first-order valence-electron chi connectivity index (χ1n) is 8.34. The molecule has 0 saturated heterocycles. The van der Waals surface area contributed by atoms with E-state index in [1.165, 1.54) is 18.0 Å². The van der Waals surface area contributed by atoms with Gasteiger partial charge in [-0.1, -0.05) is 17.7 Å². The Morgan fingerprint density at radius 2 is 1.58 bits per heavy atom. The molecule has 2 aromatic carbocycles. The quantitative estimate of drug-likeness (QED) is 0.699. The van der Waals surface area contributed by atoms with Gasteiger partial charge < -0.3 is 15.4 Å². The summed E-state index contributed by atoms with van der Waals surface area (Å²) in [7, 11) is 0. The van der Waals surface area contributed by atoms with Crippen molar-refractivity contribution >= 4 is 23.2 Å². The fourth-order valence-electron chi connectivity index (χ4n) is 2.28. The highest BCUT2D eigenvalue weighted by molar-refractivity contribution is 6.03. The summed E-state index contributed by atoms with van der Waals surface area (Å²) in [6.45, 7) is 4.55. The van der Waals surface area contributed by atoms with Gasteiger partial charge in [0.25, 0.3) is 5.91 Å². The van der Waals surface area contributed by atoms with Crippen molar-refractivity contribution in [3.8, 4) is 5.75 Å². The van der Waals surface area contributed by atoms with Crippen molar-refractivity contribution in [2.75, 3.05) is 17.2 Å². The molecule has 3 rings (SSSR count). The number of carbonyl (C=O) groups is 1. The van der Waals surface area contributed by atoms with Crippen molar-refractivity contribution in [3.05, 3.63) is 72.1 Å². The van der Waals surface area contributed by atoms with Gasteiger partial charge in [-0.05, 0) is 50.2 Å². The van der Waals surface area contributed by atoms with Gasteiger partial charge in [0.05, 0.1) is 12.2 Å². The molecule has 132 valence electrons. The summed E-state index contributed by atoms with van der Waals surface area (Å²) in [5, 5.41) is 5.91. The van der Waals surface area contributed by atoms with E-state index in [0.29, 0.717) is 23.8 Å². The lowest BCUT2D eigenvalue weighted by Crippen LogP contribution is -2.13. The predicted molar refractivity (Wildman–Crippen MR) is 102 cm³/mol. The van der Waals surface area contributed by atoms with Crippen molar-refractivity contribution < 1.29 is 9.53 Å². The van der Waals surface area contributed by atoms with E-state index >= 15 is 0 Å². The molecule has 0 fully saturated rings. The maximum absolute atomic E-state index is 12.3. The number of hydrogen-bond acceptors (Lipinski definition) is 5. The Hall–Kier alpha value is -3.41. The minimum Gasteiger partial charge on any atom is -0.494 e. The minimum atomic E-state index is -0.268. The maximum atomic E-state index is 12.3. The fraction of sp³-hybridized carbons (Fsp3) is 0.150. The van der Waals surface area contributed by atoms with Crippen LogP contribution in [0.25, 0.3) is 0 Å². The van der Waals surface area contributed by atoms with Gasteiger partial charge in [0.1, 0.15) is 5.75 Å². The number of aromatic nitrogens is 2. The van der Waals surface area contributed by atoms with Crippen LogP contribution in [0.5, 0.6) is 5.75 Å². The molecule has 2 N–H and O–H groups in total. The van der Waals surface area contributed by atoms with Crippen LogP contribution in [0.2, 0.25) is 0 Å². The molecule has 0 aliphatic heterocycles. The summed E-state index contributed by atoms with van der Waals surface area (Å²) in [5.41, 5.74) is 3.13. The number of aryl methyl sites for hydroxylation is 1. The van der Waals surface area contributed by atoms with Crippen LogP contribution >= 0.6 is 0 Å². The van der Waals surface area contributed by atoms with Gasteiger partial charge in [-0.2, -0.15) is 0 Å². The topological polar surface area (TPSA) is 76.1 Å². The Balaban J connectivity index is 1.62. The Morgan fingerprint density at radius 3 is 2.19 bits per heavy atom. The highest BCUT2D eigenvalue weighted by atomic mass is 16.5. The van der Waals surface area contributed by atoms with E-state index in [1.807, 2.05) is 50.2 Å². The molecule has 3 aromatic rings. The maximum Gasteiger partial charge on any atom is 0.258 e. The Labute approximate surface area is 152 Å². The second-order valence-corrected chi connectivity index (χ2v) is 5.70. The van der Waals surface area contributed by atoms with Crippen LogP contribution in [0.4, 0.5) is 17.3 Å². The fourth-order valence-corrected chi connectivity index (χ4v) is 2.28. The van der Waals surface area contributed by atoms with E-state index in [1.54, 1.807) is 12.1 Å². The van der Waals surface area contributed by atoms with Crippen LogP contribution in [0.3, 0.4) is 0 Å². The molecular weight excluding hydrogens is 328 g/mol. The lowest BCUT2D eigenvalue weighted by atomic mass is 10.2. The predicted octanol–water partition coefficient (Wildman–Crippen LogP) is 4.18. The smallest absolute Gasteiger partial charge is 0.258 e. The van der Waals surface area contributed by atoms with Crippen molar-refractivity contribution in [3.63, 3.8) is 0 Å². The van der Waals surface area contributed by atoms with Crippen LogP contribution in [-0.2, 0) is 0 Å². The molecular formula is C20H20N4O2. The molecule has 0 aliphatic rings. The summed E-state index contributed by atoms with van der Waals surface area (Å²) in [6.07, 6.45) is 2.99. The molecule has 6 nitrogen and oxygen atoms in total. The molecule has 6 heteroatoms. The number of carbonyl (C=O) groups excluding carboxylic acids is 1. The average Bonchev–Trinajstić information content (AvgIpc) is 2.66. The monoisotopic (exact) mass is 348 g/mol. The third kappa shape index (κ3) is 4.57. The largest absolute Gasteiger partial charge is 0.494 e. The minimum absolute atomic E-state index is 0.268. The first kappa shape index (κ1) is 17.4. The molecule has 1 heterocycles. The first-order valence-corrected chi connectivity index (χ1v) is 8.34. The first-order chi connectivity index (χ1) is 12.6. The zero-order valence-corrected chi connectivity index (χ0v) is 14.7. The van der Waals surface area contributed by atoms with Gasteiger partial charge in [0.15, 0.2) is 0 Å². The number of nitrogens with one attached hydrogen (secondary N) is 2. The standard InChI is InChI=1S/C20H20N4O2/c1-3-26-18-10-8-16(9-11-18)23-19(25)15-12-21-20(22-13-15)24-17-6-4-14(2)5-7-17/h4-13H,3H2,1-2H3,(H,23,25)(H,21,22,24). The second kappa shape index (κ2) is 8.11. The lowest BCUT2D eigenvalue weighted by molar-refractivity contribution is 0.102. The van der Waals surface area contributed by atoms with Crippen LogP contribution in [0.1, 0.15) is 22.8 Å². The van der Waals surface area contributed by atoms with Crippen LogP contribution in [-0.4, -0.2) is 22.5 Å².